The fourth-order valence-corrected chi connectivity index (χ4v) is 2.25. The molecule has 6 heteroatoms. The molecular formula is C12H17N5S. The van der Waals surface area contributed by atoms with Gasteiger partial charge < -0.3 is 5.32 Å². The van der Waals surface area contributed by atoms with E-state index >= 15 is 0 Å². The van der Waals surface area contributed by atoms with Crippen LogP contribution in [-0.4, -0.2) is 26.2 Å². The molecule has 5 nitrogen and oxygen atoms in total. The third kappa shape index (κ3) is 3.54. The zero-order valence-electron chi connectivity index (χ0n) is 10.8. The first-order valence-electron chi connectivity index (χ1n) is 5.89. The van der Waals surface area contributed by atoms with Crippen LogP contribution >= 0.6 is 11.8 Å². The zero-order chi connectivity index (χ0) is 13.0. The van der Waals surface area contributed by atoms with Crippen LogP contribution in [0.2, 0.25) is 0 Å². The summed E-state index contributed by atoms with van der Waals surface area (Å²) in [6.45, 7) is 6.94. The highest BCUT2D eigenvalue weighted by Crippen LogP contribution is 2.25. The van der Waals surface area contributed by atoms with Crippen LogP contribution in [0, 0.1) is 6.92 Å². The maximum atomic E-state index is 4.39. The van der Waals surface area contributed by atoms with Crippen molar-refractivity contribution in [2.45, 2.75) is 43.5 Å². The van der Waals surface area contributed by atoms with Gasteiger partial charge in [-0.25, -0.2) is 9.97 Å². The topological polar surface area (TPSA) is 66.5 Å². The summed E-state index contributed by atoms with van der Waals surface area (Å²) in [5.41, 5.74) is 1.17. The van der Waals surface area contributed by atoms with Gasteiger partial charge in [-0.15, -0.1) is 5.10 Å². The normalized spacial score (nSPS) is 11.1. The Labute approximate surface area is 111 Å². The van der Waals surface area contributed by atoms with Gasteiger partial charge in [0, 0.05) is 18.8 Å². The Balaban J connectivity index is 2.11. The number of hydrogen-bond donors (Lipinski definition) is 2. The molecule has 2 rings (SSSR count). The summed E-state index contributed by atoms with van der Waals surface area (Å²) >= 11 is 1.48. The first-order valence-corrected chi connectivity index (χ1v) is 6.71. The van der Waals surface area contributed by atoms with Crippen molar-refractivity contribution in [3.63, 3.8) is 0 Å². The van der Waals surface area contributed by atoms with E-state index in [0.29, 0.717) is 11.2 Å². The lowest BCUT2D eigenvalue weighted by Crippen LogP contribution is -2.22. The molecule has 0 saturated carbocycles. The molecule has 0 aliphatic carbocycles. The number of nitrogens with zero attached hydrogens (tertiary/aromatic N) is 3. The van der Waals surface area contributed by atoms with Gasteiger partial charge in [0.15, 0.2) is 0 Å². The maximum Gasteiger partial charge on any atom is 0.214 e. The molecule has 0 saturated heterocycles. The van der Waals surface area contributed by atoms with Gasteiger partial charge in [0.1, 0.15) is 10.9 Å². The number of aromatic nitrogens is 4. The second-order valence-electron chi connectivity index (χ2n) is 4.31. The van der Waals surface area contributed by atoms with Crippen LogP contribution in [0.4, 0.5) is 0 Å². The summed E-state index contributed by atoms with van der Waals surface area (Å²) in [5.74, 6) is 0.815. The van der Waals surface area contributed by atoms with Gasteiger partial charge in [-0.3, -0.25) is 5.10 Å². The molecule has 0 aromatic carbocycles. The van der Waals surface area contributed by atoms with E-state index in [9.17, 15) is 0 Å². The van der Waals surface area contributed by atoms with Crippen molar-refractivity contribution in [2.75, 3.05) is 0 Å². The molecule has 0 amide bonds. The largest absolute Gasteiger partial charge is 0.310 e. The van der Waals surface area contributed by atoms with Gasteiger partial charge in [0.25, 0.3) is 0 Å². The summed E-state index contributed by atoms with van der Waals surface area (Å²) in [6.07, 6.45) is 1.79. The van der Waals surface area contributed by atoms with Crippen molar-refractivity contribution in [3.8, 4) is 0 Å². The molecule has 18 heavy (non-hydrogen) atoms. The number of H-pyrrole nitrogens is 1. The number of hydrogen-bond acceptors (Lipinski definition) is 5. The van der Waals surface area contributed by atoms with Crippen LogP contribution < -0.4 is 5.32 Å². The van der Waals surface area contributed by atoms with Crippen molar-refractivity contribution in [1.82, 2.24) is 25.5 Å². The van der Waals surface area contributed by atoms with E-state index in [1.54, 1.807) is 6.20 Å². The Morgan fingerprint density at radius 3 is 2.94 bits per heavy atom. The Hall–Kier alpha value is -1.40. The lowest BCUT2D eigenvalue weighted by atomic mass is 10.2. The summed E-state index contributed by atoms with van der Waals surface area (Å²) in [5, 5.41) is 12.0. The third-order valence-corrected chi connectivity index (χ3v) is 3.24. The molecule has 2 aromatic heterocycles. The molecule has 0 spiro atoms. The lowest BCUT2D eigenvalue weighted by molar-refractivity contribution is 0.582. The van der Waals surface area contributed by atoms with Crippen LogP contribution in [0.25, 0.3) is 0 Å². The molecular weight excluding hydrogens is 246 g/mol. The average Bonchev–Trinajstić information content (AvgIpc) is 2.73. The molecule has 0 aliphatic heterocycles. The predicted molar refractivity (Wildman–Crippen MR) is 71.5 cm³/mol. The molecule has 2 N–H and O–H groups in total. The predicted octanol–water partition coefficient (Wildman–Crippen LogP) is 2.16. The molecule has 0 unspecified atom stereocenters. The van der Waals surface area contributed by atoms with Gasteiger partial charge in [-0.2, -0.15) is 0 Å². The highest BCUT2D eigenvalue weighted by molar-refractivity contribution is 7.99. The molecule has 96 valence electrons. The SMILES string of the molecule is Cc1nc(Sc2ncccc2CNC(C)C)n[nH]1. The van der Waals surface area contributed by atoms with Crippen LogP contribution in [0.5, 0.6) is 0 Å². The molecule has 0 bridgehead atoms. The minimum atomic E-state index is 0.453. The molecule has 0 atom stereocenters. The van der Waals surface area contributed by atoms with E-state index in [-0.39, 0.29) is 0 Å². The zero-order valence-corrected chi connectivity index (χ0v) is 11.6. The lowest BCUT2D eigenvalue weighted by Gasteiger charge is -2.10. The fourth-order valence-electron chi connectivity index (χ4n) is 1.42. The van der Waals surface area contributed by atoms with Crippen LogP contribution in [0.1, 0.15) is 25.2 Å². The second-order valence-corrected chi connectivity index (χ2v) is 5.26. The molecule has 0 radical (unpaired) electrons. The number of aryl methyl sites for hydroxylation is 1. The monoisotopic (exact) mass is 263 g/mol. The molecule has 0 aliphatic rings. The maximum absolute atomic E-state index is 4.39. The van der Waals surface area contributed by atoms with E-state index in [2.05, 4.69) is 45.4 Å². The van der Waals surface area contributed by atoms with Crippen molar-refractivity contribution >= 4 is 11.8 Å². The van der Waals surface area contributed by atoms with Crippen LogP contribution in [0.3, 0.4) is 0 Å². The van der Waals surface area contributed by atoms with E-state index in [1.165, 1.54) is 17.3 Å². The summed E-state index contributed by atoms with van der Waals surface area (Å²) in [4.78, 5) is 8.67. The Bertz CT molecular complexity index is 509. The van der Waals surface area contributed by atoms with Crippen LogP contribution in [-0.2, 0) is 6.54 Å². The smallest absolute Gasteiger partial charge is 0.214 e. The Kier molecular flexibility index (Phi) is 4.33. The number of aromatic amines is 1. The second kappa shape index (κ2) is 5.97. The van der Waals surface area contributed by atoms with Crippen molar-refractivity contribution in [3.05, 3.63) is 29.7 Å². The molecule has 2 heterocycles. The Morgan fingerprint density at radius 2 is 2.28 bits per heavy atom. The van der Waals surface area contributed by atoms with Gasteiger partial charge in [-0.1, -0.05) is 19.9 Å². The highest BCUT2D eigenvalue weighted by atomic mass is 32.2. The van der Waals surface area contributed by atoms with Gasteiger partial charge in [0.05, 0.1) is 0 Å². The number of rotatable bonds is 5. The highest BCUT2D eigenvalue weighted by Gasteiger charge is 2.09. The van der Waals surface area contributed by atoms with Crippen molar-refractivity contribution in [1.29, 1.82) is 0 Å². The standard InChI is InChI=1S/C12H17N5S/c1-8(2)14-7-10-5-4-6-13-11(10)18-12-15-9(3)16-17-12/h4-6,8,14H,7H2,1-3H3,(H,15,16,17). The first-order chi connectivity index (χ1) is 8.65. The minimum absolute atomic E-state index is 0.453. The van der Waals surface area contributed by atoms with Crippen molar-refractivity contribution < 1.29 is 0 Å². The minimum Gasteiger partial charge on any atom is -0.310 e. The Morgan fingerprint density at radius 1 is 1.44 bits per heavy atom. The third-order valence-electron chi connectivity index (χ3n) is 2.32. The van der Waals surface area contributed by atoms with Gasteiger partial charge in [0.2, 0.25) is 5.16 Å². The van der Waals surface area contributed by atoms with E-state index in [1.807, 2.05) is 13.0 Å². The van der Waals surface area contributed by atoms with E-state index < -0.39 is 0 Å². The fraction of sp³-hybridized carbons (Fsp3) is 0.417. The first kappa shape index (κ1) is 13.0. The summed E-state index contributed by atoms with van der Waals surface area (Å²) in [6, 6.07) is 4.48. The quantitative estimate of drug-likeness (QED) is 0.865. The van der Waals surface area contributed by atoms with Gasteiger partial charge >= 0.3 is 0 Å². The summed E-state index contributed by atoms with van der Waals surface area (Å²) in [7, 11) is 0. The van der Waals surface area contributed by atoms with Crippen molar-refractivity contribution in [2.24, 2.45) is 0 Å². The molecule has 2 aromatic rings. The molecule has 0 fully saturated rings. The number of nitrogens with one attached hydrogen (secondary N) is 2. The van der Waals surface area contributed by atoms with Gasteiger partial charge in [-0.05, 0) is 30.3 Å². The van der Waals surface area contributed by atoms with Crippen LogP contribution in [0.15, 0.2) is 28.5 Å². The average molecular weight is 263 g/mol. The number of pyridine rings is 1. The summed E-state index contributed by atoms with van der Waals surface area (Å²) < 4.78 is 0. The van der Waals surface area contributed by atoms with E-state index in [4.69, 9.17) is 0 Å². The van der Waals surface area contributed by atoms with E-state index in [0.717, 1.165) is 17.4 Å².